The average molecular weight is 442 g/mol. The Balaban J connectivity index is 1.91. The highest BCUT2D eigenvalue weighted by Crippen LogP contribution is 2.31. The van der Waals surface area contributed by atoms with Gasteiger partial charge in [-0.25, -0.2) is 21.6 Å². The van der Waals surface area contributed by atoms with Crippen molar-refractivity contribution < 1.29 is 16.8 Å². The minimum atomic E-state index is -3.87. The Hall–Kier alpha value is -1.71. The van der Waals surface area contributed by atoms with E-state index in [2.05, 4.69) is 4.72 Å². The van der Waals surface area contributed by atoms with E-state index in [1.54, 1.807) is 35.7 Å². The second-order valence-electron chi connectivity index (χ2n) is 5.67. The number of hydrogen-bond acceptors (Lipinski definition) is 5. The Morgan fingerprint density at radius 1 is 0.852 bits per heavy atom. The molecule has 27 heavy (non-hydrogen) atoms. The first-order valence-corrected chi connectivity index (χ1v) is 12.2. The monoisotopic (exact) mass is 441 g/mol. The van der Waals surface area contributed by atoms with Crippen LogP contribution in [0.25, 0.3) is 0 Å². The zero-order valence-corrected chi connectivity index (χ0v) is 17.2. The summed E-state index contributed by atoms with van der Waals surface area (Å²) in [5, 5.41) is 1.15. The minimum absolute atomic E-state index is 0.0222. The first-order valence-electron chi connectivity index (χ1n) is 7.88. The number of halogens is 1. The number of sulfonamides is 1. The minimum Gasteiger partial charge on any atom is -0.223 e. The lowest BCUT2D eigenvalue weighted by Crippen LogP contribution is -2.31. The number of rotatable bonds is 7. The summed E-state index contributed by atoms with van der Waals surface area (Å²) in [7, 11) is -7.65. The van der Waals surface area contributed by atoms with Crippen LogP contribution < -0.4 is 4.72 Å². The van der Waals surface area contributed by atoms with Crippen molar-refractivity contribution in [1.29, 1.82) is 0 Å². The predicted molar refractivity (Wildman–Crippen MR) is 107 cm³/mol. The lowest BCUT2D eigenvalue weighted by molar-refractivity contribution is 0.569. The fourth-order valence-electron chi connectivity index (χ4n) is 2.49. The van der Waals surface area contributed by atoms with E-state index in [1.807, 2.05) is 0 Å². The van der Waals surface area contributed by atoms with Crippen LogP contribution in [0.4, 0.5) is 0 Å². The molecule has 0 fully saturated rings. The van der Waals surface area contributed by atoms with E-state index in [0.29, 0.717) is 9.90 Å². The van der Waals surface area contributed by atoms with Gasteiger partial charge in [-0.15, -0.1) is 11.3 Å². The normalized spacial score (nSPS) is 13.4. The molecule has 0 spiro atoms. The van der Waals surface area contributed by atoms with Gasteiger partial charge in [-0.1, -0.05) is 35.9 Å². The van der Waals surface area contributed by atoms with Gasteiger partial charge in [-0.3, -0.25) is 0 Å². The lowest BCUT2D eigenvalue weighted by Gasteiger charge is -2.17. The maximum Gasteiger partial charge on any atom is 0.240 e. The van der Waals surface area contributed by atoms with Gasteiger partial charge in [-0.05, 0) is 47.8 Å². The molecule has 1 N–H and O–H groups in total. The first kappa shape index (κ1) is 20.0. The quantitative estimate of drug-likeness (QED) is 0.603. The second-order valence-corrected chi connectivity index (χ2v) is 11.0. The van der Waals surface area contributed by atoms with Crippen molar-refractivity contribution in [1.82, 2.24) is 4.72 Å². The van der Waals surface area contributed by atoms with Crippen molar-refractivity contribution in [3.8, 4) is 0 Å². The Labute approximate surface area is 167 Å². The fraction of sp³-hybridized carbons (Fsp3) is 0.111. The van der Waals surface area contributed by atoms with Gasteiger partial charge in [0.1, 0.15) is 5.25 Å². The maximum absolute atomic E-state index is 13.1. The molecule has 0 bridgehead atoms. The van der Waals surface area contributed by atoms with Crippen molar-refractivity contribution in [3.05, 3.63) is 82.0 Å². The smallest absolute Gasteiger partial charge is 0.223 e. The number of sulfone groups is 1. The number of benzene rings is 2. The molecule has 1 atom stereocenters. The van der Waals surface area contributed by atoms with Crippen LogP contribution in [0.3, 0.4) is 0 Å². The molecule has 1 heterocycles. The molecular weight excluding hydrogens is 426 g/mol. The topological polar surface area (TPSA) is 80.3 Å². The molecule has 9 heteroatoms. The molecule has 0 aliphatic rings. The second kappa shape index (κ2) is 8.12. The van der Waals surface area contributed by atoms with Gasteiger partial charge in [0.05, 0.1) is 9.79 Å². The Bertz CT molecular complexity index is 1100. The van der Waals surface area contributed by atoms with Crippen molar-refractivity contribution in [2.24, 2.45) is 0 Å². The molecule has 3 rings (SSSR count). The molecule has 3 aromatic rings. The number of nitrogens with one attached hydrogen (secondary N) is 1. The standard InChI is InChI=1S/C18H16ClNO4S3/c19-14-8-10-16(11-9-14)27(23,24)20-13-18(17-7-4-12-25-17)26(21,22)15-5-2-1-3-6-15/h1-12,18,20H,13H2/t18-/m0/s1. The van der Waals surface area contributed by atoms with Gasteiger partial charge < -0.3 is 0 Å². The summed E-state index contributed by atoms with van der Waals surface area (Å²) in [6, 6.07) is 17.1. The SMILES string of the molecule is O=S(=O)(NC[C@@H](c1cccs1)S(=O)(=O)c1ccccc1)c1ccc(Cl)cc1. The van der Waals surface area contributed by atoms with Gasteiger partial charge in [0.25, 0.3) is 0 Å². The Morgan fingerprint density at radius 3 is 2.11 bits per heavy atom. The van der Waals surface area contributed by atoms with Crippen LogP contribution in [-0.4, -0.2) is 23.4 Å². The van der Waals surface area contributed by atoms with Crippen molar-refractivity contribution in [3.63, 3.8) is 0 Å². The highest BCUT2D eigenvalue weighted by molar-refractivity contribution is 7.92. The highest BCUT2D eigenvalue weighted by Gasteiger charge is 2.31. The third-order valence-corrected chi connectivity index (χ3v) is 8.82. The molecule has 0 unspecified atom stereocenters. The Kier molecular flexibility index (Phi) is 6.02. The van der Waals surface area contributed by atoms with Crippen LogP contribution in [0.15, 0.2) is 81.9 Å². The van der Waals surface area contributed by atoms with Crippen LogP contribution in [-0.2, 0) is 19.9 Å². The summed E-state index contributed by atoms with van der Waals surface area (Å²) in [6.45, 7) is -0.275. The van der Waals surface area contributed by atoms with E-state index in [-0.39, 0.29) is 16.3 Å². The molecule has 5 nitrogen and oxygen atoms in total. The third kappa shape index (κ3) is 4.59. The van der Waals surface area contributed by atoms with Crippen LogP contribution in [0.1, 0.15) is 10.1 Å². The van der Waals surface area contributed by atoms with Gasteiger partial charge in [0.2, 0.25) is 10.0 Å². The molecule has 1 aromatic heterocycles. The van der Waals surface area contributed by atoms with E-state index >= 15 is 0 Å². The zero-order chi connectivity index (χ0) is 19.5. The molecule has 0 saturated carbocycles. The van der Waals surface area contributed by atoms with Crippen LogP contribution >= 0.6 is 22.9 Å². The Morgan fingerprint density at radius 2 is 1.52 bits per heavy atom. The van der Waals surface area contributed by atoms with Crippen molar-refractivity contribution in [2.45, 2.75) is 15.0 Å². The fourth-order valence-corrected chi connectivity index (χ4v) is 6.58. The van der Waals surface area contributed by atoms with Gasteiger partial charge in [-0.2, -0.15) is 0 Å². The highest BCUT2D eigenvalue weighted by atomic mass is 35.5. The molecule has 0 aliphatic heterocycles. The summed E-state index contributed by atoms with van der Waals surface area (Å²) >= 11 is 7.06. The molecular formula is C18H16ClNO4S3. The number of hydrogen-bond donors (Lipinski definition) is 1. The van der Waals surface area contributed by atoms with Crippen molar-refractivity contribution in [2.75, 3.05) is 6.54 Å². The molecule has 0 amide bonds. The van der Waals surface area contributed by atoms with E-state index in [0.717, 1.165) is 0 Å². The molecule has 0 saturated heterocycles. The molecule has 0 aliphatic carbocycles. The van der Waals surface area contributed by atoms with Gasteiger partial charge in [0.15, 0.2) is 9.84 Å². The maximum atomic E-state index is 13.1. The lowest BCUT2D eigenvalue weighted by atomic mass is 10.3. The van der Waals surface area contributed by atoms with E-state index in [9.17, 15) is 16.8 Å². The summed E-state index contributed by atoms with van der Waals surface area (Å²) in [5.74, 6) is 0. The van der Waals surface area contributed by atoms with E-state index in [1.165, 1.54) is 47.7 Å². The largest absolute Gasteiger partial charge is 0.240 e. The average Bonchev–Trinajstić information content (AvgIpc) is 3.17. The predicted octanol–water partition coefficient (Wildman–Crippen LogP) is 3.90. The van der Waals surface area contributed by atoms with E-state index < -0.39 is 25.1 Å². The number of thiophene rings is 1. The first-order chi connectivity index (χ1) is 12.8. The molecule has 2 aromatic carbocycles. The molecule has 0 radical (unpaired) electrons. The van der Waals surface area contributed by atoms with Crippen LogP contribution in [0.2, 0.25) is 5.02 Å². The summed E-state index contributed by atoms with van der Waals surface area (Å²) in [5.41, 5.74) is 0. The summed E-state index contributed by atoms with van der Waals surface area (Å²) < 4.78 is 53.7. The third-order valence-electron chi connectivity index (χ3n) is 3.89. The summed E-state index contributed by atoms with van der Waals surface area (Å²) in [6.07, 6.45) is 0. The van der Waals surface area contributed by atoms with Crippen LogP contribution in [0, 0.1) is 0 Å². The summed E-state index contributed by atoms with van der Waals surface area (Å²) in [4.78, 5) is 0.737. The zero-order valence-electron chi connectivity index (χ0n) is 13.9. The van der Waals surface area contributed by atoms with Gasteiger partial charge >= 0.3 is 0 Å². The van der Waals surface area contributed by atoms with Crippen molar-refractivity contribution >= 4 is 42.8 Å². The van der Waals surface area contributed by atoms with Crippen LogP contribution in [0.5, 0.6) is 0 Å². The molecule has 142 valence electrons. The van der Waals surface area contributed by atoms with E-state index in [4.69, 9.17) is 11.6 Å². The van der Waals surface area contributed by atoms with Gasteiger partial charge in [0, 0.05) is 16.4 Å².